The van der Waals surface area contributed by atoms with Crippen LogP contribution >= 0.6 is 0 Å². The predicted molar refractivity (Wildman–Crippen MR) is 110 cm³/mol. The monoisotopic (exact) mass is 374 g/mol. The molecule has 0 aliphatic heterocycles. The first-order valence-electron chi connectivity index (χ1n) is 9.34. The van der Waals surface area contributed by atoms with Gasteiger partial charge in [0.25, 0.3) is 5.56 Å². The molecule has 0 fully saturated rings. The standard InChI is InChI=1S/C22H22N4O2/c1-4-25-21(27)19-20(26(22(25)28)18-12-8-6-10-16(18)3)23-14-24(19)13-17-11-7-5-9-15(17)2/h5-12,14H,4,13H2,1-3H3. The molecule has 6 heteroatoms. The van der Waals surface area contributed by atoms with E-state index in [1.807, 2.05) is 66.9 Å². The van der Waals surface area contributed by atoms with Gasteiger partial charge < -0.3 is 4.57 Å². The van der Waals surface area contributed by atoms with Gasteiger partial charge in [-0.1, -0.05) is 42.5 Å². The zero-order chi connectivity index (χ0) is 19.8. The van der Waals surface area contributed by atoms with E-state index in [2.05, 4.69) is 4.98 Å². The topological polar surface area (TPSA) is 61.8 Å². The molecule has 2 aromatic heterocycles. The first-order chi connectivity index (χ1) is 13.5. The summed E-state index contributed by atoms with van der Waals surface area (Å²) in [6.07, 6.45) is 1.65. The molecule has 0 unspecified atom stereocenters. The van der Waals surface area contributed by atoms with Crippen LogP contribution in [0.1, 0.15) is 23.6 Å². The Bertz CT molecular complexity index is 1290. The highest BCUT2D eigenvalue weighted by molar-refractivity contribution is 5.73. The van der Waals surface area contributed by atoms with Crippen LogP contribution in [0.4, 0.5) is 0 Å². The minimum Gasteiger partial charge on any atom is -0.320 e. The number of benzene rings is 2. The third-order valence-electron chi connectivity index (χ3n) is 5.17. The molecule has 6 nitrogen and oxygen atoms in total. The van der Waals surface area contributed by atoms with Gasteiger partial charge in [-0.05, 0) is 43.5 Å². The van der Waals surface area contributed by atoms with Crippen molar-refractivity contribution < 1.29 is 0 Å². The summed E-state index contributed by atoms with van der Waals surface area (Å²) in [5, 5.41) is 0. The largest absolute Gasteiger partial charge is 0.337 e. The van der Waals surface area contributed by atoms with Crippen molar-refractivity contribution in [1.82, 2.24) is 18.7 Å². The third-order valence-corrected chi connectivity index (χ3v) is 5.17. The number of para-hydroxylation sites is 1. The van der Waals surface area contributed by atoms with Crippen molar-refractivity contribution in [3.63, 3.8) is 0 Å². The van der Waals surface area contributed by atoms with E-state index >= 15 is 0 Å². The van der Waals surface area contributed by atoms with Crippen molar-refractivity contribution in [2.75, 3.05) is 0 Å². The Kier molecular flexibility index (Phi) is 4.47. The maximum absolute atomic E-state index is 13.1. The first-order valence-corrected chi connectivity index (χ1v) is 9.34. The lowest BCUT2D eigenvalue weighted by atomic mass is 10.1. The number of hydrogen-bond acceptors (Lipinski definition) is 3. The van der Waals surface area contributed by atoms with E-state index in [1.165, 1.54) is 4.57 Å². The highest BCUT2D eigenvalue weighted by Gasteiger charge is 2.19. The number of aromatic nitrogens is 4. The summed E-state index contributed by atoms with van der Waals surface area (Å²) < 4.78 is 4.65. The highest BCUT2D eigenvalue weighted by atomic mass is 16.2. The van der Waals surface area contributed by atoms with Gasteiger partial charge in [0.15, 0.2) is 11.2 Å². The van der Waals surface area contributed by atoms with Crippen LogP contribution in [0.3, 0.4) is 0 Å². The fraction of sp³-hybridized carbons (Fsp3) is 0.227. The van der Waals surface area contributed by atoms with Crippen molar-refractivity contribution in [2.24, 2.45) is 0 Å². The molecule has 0 radical (unpaired) electrons. The molecule has 0 saturated carbocycles. The third kappa shape index (κ3) is 2.78. The number of imidazole rings is 1. The molecule has 0 N–H and O–H groups in total. The molecule has 4 rings (SSSR count). The van der Waals surface area contributed by atoms with Crippen LogP contribution in [0.15, 0.2) is 64.4 Å². The Morgan fingerprint density at radius 2 is 1.61 bits per heavy atom. The Labute approximate surface area is 162 Å². The van der Waals surface area contributed by atoms with Gasteiger partial charge in [0.05, 0.1) is 12.0 Å². The maximum Gasteiger partial charge on any atom is 0.337 e. The lowest BCUT2D eigenvalue weighted by molar-refractivity contribution is 0.654. The zero-order valence-corrected chi connectivity index (χ0v) is 16.2. The first kappa shape index (κ1) is 18.0. The molecule has 0 bridgehead atoms. The van der Waals surface area contributed by atoms with Crippen LogP contribution in [0.5, 0.6) is 0 Å². The Balaban J connectivity index is 2.04. The summed E-state index contributed by atoms with van der Waals surface area (Å²) in [5.41, 5.74) is 4.09. The summed E-state index contributed by atoms with van der Waals surface area (Å²) in [5.74, 6) is 0. The molecule has 2 heterocycles. The Morgan fingerprint density at radius 1 is 0.929 bits per heavy atom. The maximum atomic E-state index is 13.1. The van der Waals surface area contributed by atoms with Crippen molar-refractivity contribution in [3.05, 3.63) is 92.4 Å². The summed E-state index contributed by atoms with van der Waals surface area (Å²) in [7, 11) is 0. The molecule has 28 heavy (non-hydrogen) atoms. The molecular weight excluding hydrogens is 352 g/mol. The van der Waals surface area contributed by atoms with Crippen molar-refractivity contribution in [2.45, 2.75) is 33.9 Å². The van der Waals surface area contributed by atoms with Gasteiger partial charge in [-0.15, -0.1) is 0 Å². The van der Waals surface area contributed by atoms with E-state index < -0.39 is 0 Å². The summed E-state index contributed by atoms with van der Waals surface area (Å²) >= 11 is 0. The number of fused-ring (bicyclic) bond motifs is 1. The predicted octanol–water partition coefficient (Wildman–Crippen LogP) is 3.03. The molecule has 0 saturated heterocycles. The Hall–Kier alpha value is -3.41. The number of aryl methyl sites for hydroxylation is 2. The molecule has 0 amide bonds. The second-order valence-electron chi connectivity index (χ2n) is 6.93. The van der Waals surface area contributed by atoms with Gasteiger partial charge in [0, 0.05) is 13.1 Å². The number of nitrogens with zero attached hydrogens (tertiary/aromatic N) is 4. The van der Waals surface area contributed by atoms with Crippen LogP contribution in [-0.2, 0) is 13.1 Å². The summed E-state index contributed by atoms with van der Waals surface area (Å²) in [6, 6.07) is 15.7. The fourth-order valence-corrected chi connectivity index (χ4v) is 3.58. The lowest BCUT2D eigenvalue weighted by Crippen LogP contribution is -2.39. The zero-order valence-electron chi connectivity index (χ0n) is 16.2. The van der Waals surface area contributed by atoms with Crippen LogP contribution in [0.2, 0.25) is 0 Å². The normalized spacial score (nSPS) is 11.2. The van der Waals surface area contributed by atoms with Gasteiger partial charge in [0.1, 0.15) is 0 Å². The van der Waals surface area contributed by atoms with Crippen LogP contribution in [0, 0.1) is 13.8 Å². The molecule has 0 atom stereocenters. The minimum absolute atomic E-state index is 0.301. The minimum atomic E-state index is -0.365. The van der Waals surface area contributed by atoms with E-state index in [0.29, 0.717) is 24.3 Å². The SMILES string of the molecule is CCn1c(=O)c2c(ncn2Cc2ccccc2C)n(-c2ccccc2C)c1=O. The van der Waals surface area contributed by atoms with Gasteiger partial charge in [-0.2, -0.15) is 0 Å². The van der Waals surface area contributed by atoms with E-state index in [4.69, 9.17) is 0 Å². The van der Waals surface area contributed by atoms with Gasteiger partial charge in [-0.3, -0.25) is 9.36 Å². The molecule has 142 valence electrons. The molecule has 4 aromatic rings. The summed E-state index contributed by atoms with van der Waals surface area (Å²) in [6.45, 7) is 6.61. The average molecular weight is 374 g/mol. The van der Waals surface area contributed by atoms with E-state index in [-0.39, 0.29) is 11.2 Å². The second kappa shape index (κ2) is 6.96. The number of hydrogen-bond donors (Lipinski definition) is 0. The van der Waals surface area contributed by atoms with Crippen molar-refractivity contribution >= 4 is 11.2 Å². The molecule has 0 aliphatic rings. The quantitative estimate of drug-likeness (QED) is 0.552. The Morgan fingerprint density at radius 3 is 2.29 bits per heavy atom. The lowest BCUT2D eigenvalue weighted by Gasteiger charge is -2.13. The van der Waals surface area contributed by atoms with E-state index in [0.717, 1.165) is 22.4 Å². The van der Waals surface area contributed by atoms with Crippen LogP contribution in [-0.4, -0.2) is 18.7 Å². The molecular formula is C22H22N4O2. The highest BCUT2D eigenvalue weighted by Crippen LogP contribution is 2.18. The van der Waals surface area contributed by atoms with E-state index in [9.17, 15) is 9.59 Å². The van der Waals surface area contributed by atoms with Crippen molar-refractivity contribution in [1.29, 1.82) is 0 Å². The van der Waals surface area contributed by atoms with Crippen LogP contribution in [0.25, 0.3) is 16.9 Å². The van der Waals surface area contributed by atoms with Gasteiger partial charge in [-0.25, -0.2) is 14.3 Å². The second-order valence-corrected chi connectivity index (χ2v) is 6.93. The molecule has 0 spiro atoms. The smallest absolute Gasteiger partial charge is 0.320 e. The molecule has 0 aliphatic carbocycles. The van der Waals surface area contributed by atoms with E-state index in [1.54, 1.807) is 17.8 Å². The van der Waals surface area contributed by atoms with Crippen LogP contribution < -0.4 is 11.2 Å². The summed E-state index contributed by atoms with van der Waals surface area (Å²) in [4.78, 5) is 30.7. The van der Waals surface area contributed by atoms with Gasteiger partial charge >= 0.3 is 5.69 Å². The average Bonchev–Trinajstić information content (AvgIpc) is 3.09. The number of rotatable bonds is 4. The molecule has 2 aromatic carbocycles. The van der Waals surface area contributed by atoms with Crippen molar-refractivity contribution in [3.8, 4) is 5.69 Å². The fourth-order valence-electron chi connectivity index (χ4n) is 3.58. The van der Waals surface area contributed by atoms with Gasteiger partial charge in [0.2, 0.25) is 0 Å².